The van der Waals surface area contributed by atoms with Crippen molar-refractivity contribution >= 4 is 32.7 Å². The molecule has 1 aliphatic rings. The third-order valence-corrected chi connectivity index (χ3v) is 6.55. The predicted molar refractivity (Wildman–Crippen MR) is 114 cm³/mol. The lowest BCUT2D eigenvalue weighted by atomic mass is 9.97. The van der Waals surface area contributed by atoms with E-state index in [9.17, 15) is 9.18 Å². The maximum atomic E-state index is 13.3. The Kier molecular flexibility index (Phi) is 5.80. The normalized spacial score (nSPS) is 17.1. The summed E-state index contributed by atoms with van der Waals surface area (Å²) in [5.74, 6) is -0.121. The number of anilines is 1. The summed E-state index contributed by atoms with van der Waals surface area (Å²) in [4.78, 5) is 19.6. The summed E-state index contributed by atoms with van der Waals surface area (Å²) in [5, 5.41) is 8.56. The van der Waals surface area contributed by atoms with E-state index in [1.54, 1.807) is 28.2 Å². The molecule has 4 rings (SSSR count). The van der Waals surface area contributed by atoms with Crippen molar-refractivity contribution in [2.75, 3.05) is 24.5 Å². The van der Waals surface area contributed by atoms with Crippen LogP contribution in [0.4, 0.5) is 9.52 Å². The summed E-state index contributed by atoms with van der Waals surface area (Å²) in [5.41, 5.74) is 2.47. The van der Waals surface area contributed by atoms with Crippen LogP contribution in [0.15, 0.2) is 24.3 Å². The molecule has 0 saturated carbocycles. The lowest BCUT2D eigenvalue weighted by Gasteiger charge is -2.31. The zero-order valence-corrected chi connectivity index (χ0v) is 17.6. The number of carbonyl (C=O) groups is 1. The number of fused-ring (bicyclic) bond motifs is 1. The quantitative estimate of drug-likeness (QED) is 0.617. The molecular weight excluding hydrogens is 389 g/mol. The summed E-state index contributed by atoms with van der Waals surface area (Å²) in [6.45, 7) is 6.43. The fourth-order valence-corrected chi connectivity index (χ4v) is 4.74. The Labute approximate surface area is 173 Å². The molecule has 1 aliphatic heterocycles. The van der Waals surface area contributed by atoms with E-state index in [-0.39, 0.29) is 17.6 Å². The van der Waals surface area contributed by atoms with Crippen molar-refractivity contribution < 1.29 is 9.18 Å². The number of carbonyl (C=O) groups excluding carboxylic acids is 1. The first-order valence-electron chi connectivity index (χ1n) is 10.2. The van der Waals surface area contributed by atoms with Gasteiger partial charge in [0.25, 0.3) is 0 Å². The second-order valence-electron chi connectivity index (χ2n) is 7.55. The molecule has 3 aromatic rings. The second kappa shape index (κ2) is 8.49. The first-order valence-corrected chi connectivity index (χ1v) is 11.0. The van der Waals surface area contributed by atoms with Crippen molar-refractivity contribution in [3.8, 4) is 5.69 Å². The fourth-order valence-electron chi connectivity index (χ4n) is 3.72. The van der Waals surface area contributed by atoms with Gasteiger partial charge in [0.1, 0.15) is 5.82 Å². The van der Waals surface area contributed by atoms with Gasteiger partial charge in [0.2, 0.25) is 5.91 Å². The molecule has 0 aliphatic carbocycles. The fraction of sp³-hybridized carbons (Fsp3) is 0.476. The Morgan fingerprint density at radius 3 is 2.90 bits per heavy atom. The molecule has 154 valence electrons. The Bertz CT molecular complexity index is 997. The standard InChI is InChI=1S/C21H26FN5OS/c1-3-4-11-23-20(28)15-6-5-12-26(13-15)21-24-19-18(29-21)14(2)25-27(19)17-9-7-16(22)8-10-17/h7-10,15H,3-6,11-13H2,1-2H3,(H,23,28)/t15-/m0/s1. The van der Waals surface area contributed by atoms with E-state index in [0.717, 1.165) is 65.6 Å². The van der Waals surface area contributed by atoms with E-state index >= 15 is 0 Å². The number of aryl methyl sites for hydroxylation is 1. The average molecular weight is 416 g/mol. The largest absolute Gasteiger partial charge is 0.356 e. The van der Waals surface area contributed by atoms with Crippen molar-refractivity contribution in [2.24, 2.45) is 5.92 Å². The van der Waals surface area contributed by atoms with E-state index in [4.69, 9.17) is 4.98 Å². The molecule has 1 saturated heterocycles. The minimum absolute atomic E-state index is 0.00214. The number of benzene rings is 1. The number of piperidine rings is 1. The molecule has 1 fully saturated rings. The number of hydrogen-bond donors (Lipinski definition) is 1. The Morgan fingerprint density at radius 2 is 2.14 bits per heavy atom. The predicted octanol–water partition coefficient (Wildman–Crippen LogP) is 4.06. The van der Waals surface area contributed by atoms with Crippen LogP contribution in [0.1, 0.15) is 38.3 Å². The smallest absolute Gasteiger partial charge is 0.224 e. The third-order valence-electron chi connectivity index (χ3n) is 5.34. The number of amides is 1. The molecule has 0 unspecified atom stereocenters. The van der Waals surface area contributed by atoms with Crippen LogP contribution in [-0.4, -0.2) is 40.3 Å². The number of hydrogen-bond acceptors (Lipinski definition) is 5. The average Bonchev–Trinajstić information content (AvgIpc) is 3.30. The summed E-state index contributed by atoms with van der Waals surface area (Å²) in [6.07, 6.45) is 3.99. The van der Waals surface area contributed by atoms with Gasteiger partial charge >= 0.3 is 0 Å². The Morgan fingerprint density at radius 1 is 1.34 bits per heavy atom. The van der Waals surface area contributed by atoms with Gasteiger partial charge < -0.3 is 10.2 Å². The molecule has 1 atom stereocenters. The number of nitrogens with one attached hydrogen (secondary N) is 1. The maximum Gasteiger partial charge on any atom is 0.224 e. The highest BCUT2D eigenvalue weighted by atomic mass is 32.1. The van der Waals surface area contributed by atoms with E-state index in [1.165, 1.54) is 12.1 Å². The molecule has 1 aromatic carbocycles. The van der Waals surface area contributed by atoms with E-state index < -0.39 is 0 Å². The first-order chi connectivity index (χ1) is 14.1. The molecular formula is C21H26FN5OS. The molecule has 0 bridgehead atoms. The topological polar surface area (TPSA) is 63.1 Å². The van der Waals surface area contributed by atoms with Crippen LogP contribution in [0.2, 0.25) is 0 Å². The summed E-state index contributed by atoms with van der Waals surface area (Å²) in [6, 6.07) is 6.27. The van der Waals surface area contributed by atoms with Gasteiger partial charge in [-0.2, -0.15) is 10.1 Å². The second-order valence-corrected chi connectivity index (χ2v) is 8.53. The zero-order chi connectivity index (χ0) is 20.4. The Balaban J connectivity index is 1.55. The molecule has 2 aromatic heterocycles. The van der Waals surface area contributed by atoms with Crippen LogP contribution in [-0.2, 0) is 4.79 Å². The van der Waals surface area contributed by atoms with Crippen molar-refractivity contribution in [3.05, 3.63) is 35.8 Å². The lowest BCUT2D eigenvalue weighted by molar-refractivity contribution is -0.125. The Hall–Kier alpha value is -2.48. The van der Waals surface area contributed by atoms with Gasteiger partial charge in [-0.1, -0.05) is 24.7 Å². The number of halogens is 1. The van der Waals surface area contributed by atoms with Crippen molar-refractivity contribution in [3.63, 3.8) is 0 Å². The molecule has 6 nitrogen and oxygen atoms in total. The number of rotatable bonds is 6. The summed E-state index contributed by atoms with van der Waals surface area (Å²) in [7, 11) is 0. The highest BCUT2D eigenvalue weighted by molar-refractivity contribution is 7.22. The number of aromatic nitrogens is 3. The van der Waals surface area contributed by atoms with E-state index in [1.807, 2.05) is 6.92 Å². The molecule has 0 spiro atoms. The highest BCUT2D eigenvalue weighted by Gasteiger charge is 2.28. The number of thiazole rings is 1. The number of nitrogens with zero attached hydrogens (tertiary/aromatic N) is 4. The van der Waals surface area contributed by atoms with Crippen molar-refractivity contribution in [1.82, 2.24) is 20.1 Å². The van der Waals surface area contributed by atoms with Gasteiger partial charge in [0.15, 0.2) is 10.8 Å². The van der Waals surface area contributed by atoms with Crippen LogP contribution in [0.3, 0.4) is 0 Å². The van der Waals surface area contributed by atoms with Gasteiger partial charge in [-0.25, -0.2) is 9.07 Å². The monoisotopic (exact) mass is 415 g/mol. The van der Waals surface area contributed by atoms with Crippen LogP contribution >= 0.6 is 11.3 Å². The van der Waals surface area contributed by atoms with Crippen LogP contribution < -0.4 is 10.2 Å². The van der Waals surface area contributed by atoms with Gasteiger partial charge in [-0.05, 0) is 50.5 Å². The molecule has 1 N–H and O–H groups in total. The van der Waals surface area contributed by atoms with E-state index in [0.29, 0.717) is 6.54 Å². The van der Waals surface area contributed by atoms with Gasteiger partial charge in [-0.3, -0.25) is 4.79 Å². The van der Waals surface area contributed by atoms with Gasteiger partial charge in [0.05, 0.1) is 22.0 Å². The third kappa shape index (κ3) is 4.12. The molecule has 3 heterocycles. The number of unbranched alkanes of at least 4 members (excludes halogenated alkanes) is 1. The summed E-state index contributed by atoms with van der Waals surface area (Å²) < 4.78 is 16.1. The molecule has 1 amide bonds. The minimum Gasteiger partial charge on any atom is -0.356 e. The minimum atomic E-state index is -0.274. The zero-order valence-electron chi connectivity index (χ0n) is 16.8. The van der Waals surface area contributed by atoms with Gasteiger partial charge in [0, 0.05) is 19.6 Å². The van der Waals surface area contributed by atoms with Crippen LogP contribution in [0.25, 0.3) is 16.0 Å². The maximum absolute atomic E-state index is 13.3. The SMILES string of the molecule is CCCCNC(=O)[C@H]1CCCN(c2nc3c(s2)c(C)nn3-c2ccc(F)cc2)C1. The molecule has 8 heteroatoms. The van der Waals surface area contributed by atoms with Crippen molar-refractivity contribution in [1.29, 1.82) is 0 Å². The highest BCUT2D eigenvalue weighted by Crippen LogP contribution is 2.34. The molecule has 29 heavy (non-hydrogen) atoms. The van der Waals surface area contributed by atoms with Gasteiger partial charge in [-0.15, -0.1) is 0 Å². The summed E-state index contributed by atoms with van der Waals surface area (Å²) >= 11 is 1.61. The van der Waals surface area contributed by atoms with E-state index in [2.05, 4.69) is 22.2 Å². The molecule has 0 radical (unpaired) electrons. The van der Waals surface area contributed by atoms with Crippen LogP contribution in [0.5, 0.6) is 0 Å². The van der Waals surface area contributed by atoms with Crippen LogP contribution in [0, 0.1) is 18.7 Å². The lowest BCUT2D eigenvalue weighted by Crippen LogP contribution is -2.43. The first kappa shape index (κ1) is 19.8. The van der Waals surface area contributed by atoms with Crippen molar-refractivity contribution in [2.45, 2.75) is 39.5 Å².